The molecule has 1 fully saturated rings. The summed E-state index contributed by atoms with van der Waals surface area (Å²) in [5.41, 5.74) is 0.677. The lowest BCUT2D eigenvalue weighted by Gasteiger charge is -2.22. The van der Waals surface area contributed by atoms with Gasteiger partial charge in [-0.25, -0.2) is 9.48 Å². The molecule has 2 N–H and O–H groups in total. The van der Waals surface area contributed by atoms with E-state index in [1.54, 1.807) is 55.5 Å². The van der Waals surface area contributed by atoms with Gasteiger partial charge >= 0.3 is 6.03 Å². The molecule has 2 aromatic carbocycles. The number of benzene rings is 2. The molecule has 1 atom stereocenters. The van der Waals surface area contributed by atoms with Crippen LogP contribution in [-0.4, -0.2) is 55.3 Å². The van der Waals surface area contributed by atoms with Crippen LogP contribution in [0, 0.1) is 5.92 Å². The maximum atomic E-state index is 13.3. The normalized spacial score (nSPS) is 17.5. The molecule has 11 nitrogen and oxygen atoms in total. The van der Waals surface area contributed by atoms with Crippen molar-refractivity contribution in [3.05, 3.63) is 66.0 Å². The summed E-state index contributed by atoms with van der Waals surface area (Å²) in [6.45, 7) is 5.08. The second kappa shape index (κ2) is 9.45. The van der Waals surface area contributed by atoms with Gasteiger partial charge < -0.3 is 10.6 Å². The summed E-state index contributed by atoms with van der Waals surface area (Å²) in [5.74, 6) is -0.822. The van der Waals surface area contributed by atoms with E-state index in [4.69, 9.17) is 0 Å². The zero-order chi connectivity index (χ0) is 25.2. The number of rotatable bonds is 8. The first-order valence-electron chi connectivity index (χ1n) is 11.1. The maximum absolute atomic E-state index is 13.3. The molecule has 1 unspecified atom stereocenters. The number of carbonyl (C=O) groups is 4. The smallest absolute Gasteiger partial charge is 0.325 e. The van der Waals surface area contributed by atoms with Crippen LogP contribution in [0.1, 0.15) is 43.1 Å². The average Bonchev–Trinajstić information content (AvgIpc) is 3.43. The van der Waals surface area contributed by atoms with Crippen LogP contribution in [0.15, 0.2) is 54.9 Å². The molecule has 0 radical (unpaired) electrons. The third kappa shape index (κ3) is 4.93. The molecule has 1 aliphatic rings. The van der Waals surface area contributed by atoms with E-state index < -0.39 is 29.8 Å². The number of nitrogens with zero attached hydrogens (tertiary/aromatic N) is 5. The van der Waals surface area contributed by atoms with E-state index in [-0.39, 0.29) is 11.8 Å². The first-order valence-corrected chi connectivity index (χ1v) is 11.1. The molecule has 1 aromatic heterocycles. The predicted molar refractivity (Wildman–Crippen MR) is 126 cm³/mol. The molecular weight excluding hydrogens is 450 g/mol. The highest BCUT2D eigenvalue weighted by molar-refractivity contribution is 6.11. The van der Waals surface area contributed by atoms with Crippen molar-refractivity contribution in [2.24, 2.45) is 5.92 Å². The summed E-state index contributed by atoms with van der Waals surface area (Å²) >= 11 is 0. The highest BCUT2D eigenvalue weighted by Gasteiger charge is 2.49. The largest absolute Gasteiger partial charge is 0.326 e. The Morgan fingerprint density at radius 1 is 1.11 bits per heavy atom. The topological polar surface area (TPSA) is 139 Å². The Morgan fingerprint density at radius 3 is 2.51 bits per heavy atom. The summed E-state index contributed by atoms with van der Waals surface area (Å²) in [4.78, 5) is 51.6. The highest BCUT2D eigenvalue weighted by Crippen LogP contribution is 2.30. The van der Waals surface area contributed by atoms with Crippen molar-refractivity contribution in [1.82, 2.24) is 30.4 Å². The van der Waals surface area contributed by atoms with Gasteiger partial charge in [-0.3, -0.25) is 19.3 Å². The summed E-state index contributed by atoms with van der Waals surface area (Å²) in [5, 5.41) is 16.5. The molecule has 35 heavy (non-hydrogen) atoms. The van der Waals surface area contributed by atoms with E-state index in [1.165, 1.54) is 11.0 Å². The van der Waals surface area contributed by atoms with E-state index in [0.717, 1.165) is 4.90 Å². The Kier molecular flexibility index (Phi) is 6.41. The molecular formula is C24H25N7O4. The predicted octanol–water partition coefficient (Wildman–Crippen LogP) is 2.30. The number of ketones is 1. The van der Waals surface area contributed by atoms with E-state index in [9.17, 15) is 19.2 Å². The number of hydrogen-bond donors (Lipinski definition) is 2. The van der Waals surface area contributed by atoms with E-state index in [2.05, 4.69) is 26.2 Å². The minimum atomic E-state index is -1.36. The molecule has 4 amide bonds. The lowest BCUT2D eigenvalue weighted by Crippen LogP contribution is -2.41. The van der Waals surface area contributed by atoms with Gasteiger partial charge in [0.25, 0.3) is 5.91 Å². The fourth-order valence-corrected chi connectivity index (χ4v) is 3.83. The Balaban J connectivity index is 1.46. The lowest BCUT2D eigenvalue weighted by atomic mass is 9.91. The minimum absolute atomic E-state index is 0.109. The minimum Gasteiger partial charge on any atom is -0.326 e. The van der Waals surface area contributed by atoms with Crippen LogP contribution in [0.4, 0.5) is 10.5 Å². The first-order chi connectivity index (χ1) is 16.7. The average molecular weight is 476 g/mol. The van der Waals surface area contributed by atoms with Crippen LogP contribution in [0.5, 0.6) is 0 Å². The third-order valence-corrected chi connectivity index (χ3v) is 5.70. The van der Waals surface area contributed by atoms with E-state index in [0.29, 0.717) is 28.9 Å². The number of aromatic nitrogens is 4. The quantitative estimate of drug-likeness (QED) is 0.376. The third-order valence-electron chi connectivity index (χ3n) is 5.70. The van der Waals surface area contributed by atoms with E-state index >= 15 is 0 Å². The zero-order valence-electron chi connectivity index (χ0n) is 19.6. The molecule has 0 aliphatic carbocycles. The Morgan fingerprint density at radius 2 is 1.86 bits per heavy atom. The maximum Gasteiger partial charge on any atom is 0.325 e. The van der Waals surface area contributed by atoms with Crippen molar-refractivity contribution < 1.29 is 19.2 Å². The van der Waals surface area contributed by atoms with Crippen LogP contribution in [0.25, 0.3) is 5.69 Å². The number of urea groups is 1. The Bertz CT molecular complexity index is 1270. The second-order valence-corrected chi connectivity index (χ2v) is 8.90. The molecule has 0 bridgehead atoms. The van der Waals surface area contributed by atoms with Gasteiger partial charge in [-0.1, -0.05) is 26.0 Å². The van der Waals surface area contributed by atoms with Crippen LogP contribution < -0.4 is 10.6 Å². The van der Waals surface area contributed by atoms with Crippen molar-refractivity contribution in [2.75, 3.05) is 11.9 Å². The molecule has 3 aromatic rings. The summed E-state index contributed by atoms with van der Waals surface area (Å²) in [6.07, 6.45) is 1.81. The second-order valence-electron chi connectivity index (χ2n) is 8.90. The first kappa shape index (κ1) is 23.7. The molecule has 0 spiro atoms. The summed E-state index contributed by atoms with van der Waals surface area (Å²) in [6, 6.07) is 12.6. The van der Waals surface area contributed by atoms with Crippen molar-refractivity contribution >= 4 is 29.3 Å². The molecule has 11 heteroatoms. The SMILES string of the molecule is CC(C)CC(=O)Nc1ccc(C(=O)CN2C(=O)NC(C)(c3cccc(-n4cnnn4)c3)C2=O)cc1. The number of Topliss-reactive ketones (excluding diaryl/α,β-unsaturated/α-hetero) is 1. The Hall–Kier alpha value is -4.41. The van der Waals surface area contributed by atoms with Gasteiger partial charge in [0.05, 0.1) is 12.2 Å². The molecule has 1 saturated heterocycles. The zero-order valence-corrected chi connectivity index (χ0v) is 19.6. The monoisotopic (exact) mass is 475 g/mol. The van der Waals surface area contributed by atoms with Crippen LogP contribution >= 0.6 is 0 Å². The fraction of sp³-hybridized carbons (Fsp3) is 0.292. The van der Waals surface area contributed by atoms with Gasteiger partial charge in [-0.2, -0.15) is 0 Å². The standard InChI is InChI=1S/C24H25N7O4/c1-15(2)11-21(33)26-18-9-7-16(8-10-18)20(32)13-30-22(34)24(3,27-23(30)35)17-5-4-6-19(12-17)31-14-25-28-29-31/h4-10,12,14-15H,11,13H2,1-3H3,(H,26,33)(H,27,35). The van der Waals surface area contributed by atoms with Gasteiger partial charge in [0, 0.05) is 17.7 Å². The molecule has 0 saturated carbocycles. The van der Waals surface area contributed by atoms with Crippen molar-refractivity contribution in [1.29, 1.82) is 0 Å². The van der Waals surface area contributed by atoms with Gasteiger partial charge in [0.1, 0.15) is 11.9 Å². The van der Waals surface area contributed by atoms with Crippen molar-refractivity contribution in [3.8, 4) is 5.69 Å². The van der Waals surface area contributed by atoms with E-state index in [1.807, 2.05) is 13.8 Å². The van der Waals surface area contributed by atoms with Gasteiger partial charge in [0.15, 0.2) is 5.78 Å². The number of tetrazole rings is 1. The lowest BCUT2D eigenvalue weighted by molar-refractivity contribution is -0.130. The van der Waals surface area contributed by atoms with Crippen LogP contribution in [0.3, 0.4) is 0 Å². The number of hydrogen-bond acceptors (Lipinski definition) is 7. The van der Waals surface area contributed by atoms with Gasteiger partial charge in [0.2, 0.25) is 5.91 Å². The van der Waals surface area contributed by atoms with Gasteiger partial charge in [-0.05, 0) is 65.2 Å². The fourth-order valence-electron chi connectivity index (χ4n) is 3.83. The molecule has 180 valence electrons. The molecule has 2 heterocycles. The highest BCUT2D eigenvalue weighted by atomic mass is 16.2. The van der Waals surface area contributed by atoms with Crippen molar-refractivity contribution in [2.45, 2.75) is 32.7 Å². The van der Waals surface area contributed by atoms with Gasteiger partial charge in [-0.15, -0.1) is 5.10 Å². The van der Waals surface area contributed by atoms with Crippen molar-refractivity contribution in [3.63, 3.8) is 0 Å². The number of carbonyl (C=O) groups excluding carboxylic acids is 4. The Labute approximate surface area is 201 Å². The number of amides is 4. The number of imide groups is 1. The van der Waals surface area contributed by atoms with Crippen LogP contribution in [0.2, 0.25) is 0 Å². The summed E-state index contributed by atoms with van der Waals surface area (Å²) in [7, 11) is 0. The summed E-state index contributed by atoms with van der Waals surface area (Å²) < 4.78 is 1.43. The number of nitrogens with one attached hydrogen (secondary N) is 2. The molecule has 1 aliphatic heterocycles. The molecule has 4 rings (SSSR count). The number of anilines is 1. The van der Waals surface area contributed by atoms with Crippen LogP contribution in [-0.2, 0) is 15.1 Å².